The van der Waals surface area contributed by atoms with Crippen molar-refractivity contribution in [3.8, 4) is 22.9 Å². The van der Waals surface area contributed by atoms with Crippen molar-refractivity contribution in [2.75, 3.05) is 14.1 Å². The second kappa shape index (κ2) is 5.56. The Morgan fingerprint density at radius 1 is 1.14 bits per heavy atom. The van der Waals surface area contributed by atoms with Crippen molar-refractivity contribution in [2.45, 2.75) is 4.90 Å². The van der Waals surface area contributed by atoms with E-state index >= 15 is 0 Å². The Kier molecular flexibility index (Phi) is 3.98. The van der Waals surface area contributed by atoms with Gasteiger partial charge in [0.1, 0.15) is 5.75 Å². The Bertz CT molecular complexity index is 821. The molecule has 0 saturated carbocycles. The zero-order valence-electron chi connectivity index (χ0n) is 11.6. The van der Waals surface area contributed by atoms with Gasteiger partial charge in [-0.15, -0.1) is 0 Å². The summed E-state index contributed by atoms with van der Waals surface area (Å²) in [6.07, 6.45) is 0. The van der Waals surface area contributed by atoms with Gasteiger partial charge in [-0.2, -0.15) is 5.26 Å². The third kappa shape index (κ3) is 2.89. The van der Waals surface area contributed by atoms with Gasteiger partial charge in [0.05, 0.1) is 16.5 Å². The first kappa shape index (κ1) is 15.0. The number of benzene rings is 2. The summed E-state index contributed by atoms with van der Waals surface area (Å²) < 4.78 is 25.9. The molecule has 0 atom stereocenters. The van der Waals surface area contributed by atoms with E-state index in [1.165, 1.54) is 32.3 Å². The number of hydrogen-bond acceptors (Lipinski definition) is 4. The van der Waals surface area contributed by atoms with Gasteiger partial charge in [-0.05, 0) is 29.8 Å². The number of rotatable bonds is 3. The van der Waals surface area contributed by atoms with Gasteiger partial charge in [-0.1, -0.05) is 18.2 Å². The van der Waals surface area contributed by atoms with Gasteiger partial charge in [-0.3, -0.25) is 0 Å². The highest BCUT2D eigenvalue weighted by Gasteiger charge is 2.21. The van der Waals surface area contributed by atoms with Crippen LogP contribution in [0.5, 0.6) is 5.75 Å². The van der Waals surface area contributed by atoms with Gasteiger partial charge >= 0.3 is 0 Å². The summed E-state index contributed by atoms with van der Waals surface area (Å²) in [7, 11) is -0.712. The molecule has 0 fully saturated rings. The number of hydrogen-bond donors (Lipinski definition) is 1. The molecule has 0 heterocycles. The molecule has 6 heteroatoms. The minimum absolute atomic E-state index is 0.0823. The van der Waals surface area contributed by atoms with Gasteiger partial charge in [-0.25, -0.2) is 12.7 Å². The van der Waals surface area contributed by atoms with Crippen LogP contribution in [-0.4, -0.2) is 31.9 Å². The summed E-state index contributed by atoms with van der Waals surface area (Å²) in [5, 5.41) is 18.6. The Morgan fingerprint density at radius 2 is 1.81 bits per heavy atom. The van der Waals surface area contributed by atoms with Gasteiger partial charge in [0.15, 0.2) is 0 Å². The molecule has 2 rings (SSSR count). The molecule has 21 heavy (non-hydrogen) atoms. The average Bonchev–Trinajstić information content (AvgIpc) is 2.46. The van der Waals surface area contributed by atoms with E-state index in [1.54, 1.807) is 24.3 Å². The molecule has 0 aliphatic heterocycles. The molecule has 108 valence electrons. The Labute approximate surface area is 123 Å². The van der Waals surface area contributed by atoms with Gasteiger partial charge < -0.3 is 5.11 Å². The van der Waals surface area contributed by atoms with E-state index in [-0.39, 0.29) is 16.2 Å². The second-order valence-electron chi connectivity index (χ2n) is 4.66. The van der Waals surface area contributed by atoms with Gasteiger partial charge in [0.2, 0.25) is 10.0 Å². The maximum absolute atomic E-state index is 12.4. The third-order valence-corrected chi connectivity index (χ3v) is 4.88. The first-order chi connectivity index (χ1) is 9.86. The maximum atomic E-state index is 12.4. The SMILES string of the molecule is CN(C)S(=O)(=O)c1ccccc1-c1cc(O)cc(C#N)c1. The van der Waals surface area contributed by atoms with Crippen LogP contribution in [-0.2, 0) is 10.0 Å². The number of nitrogens with zero attached hydrogens (tertiary/aromatic N) is 2. The smallest absolute Gasteiger partial charge is 0.243 e. The molecule has 1 N–H and O–H groups in total. The predicted molar refractivity (Wildman–Crippen MR) is 79.1 cm³/mol. The van der Waals surface area contributed by atoms with E-state index in [0.29, 0.717) is 11.1 Å². The summed E-state index contributed by atoms with van der Waals surface area (Å²) in [5.41, 5.74) is 1.19. The molecule has 0 radical (unpaired) electrons. The molecule has 2 aromatic carbocycles. The Balaban J connectivity index is 2.73. The largest absolute Gasteiger partial charge is 0.508 e. The third-order valence-electron chi connectivity index (χ3n) is 3.00. The van der Waals surface area contributed by atoms with Crippen molar-refractivity contribution in [1.82, 2.24) is 4.31 Å². The molecule has 5 nitrogen and oxygen atoms in total. The zero-order chi connectivity index (χ0) is 15.6. The molecule has 2 aromatic rings. The zero-order valence-corrected chi connectivity index (χ0v) is 12.4. The number of sulfonamides is 1. The number of phenolic OH excluding ortho intramolecular Hbond substituents is 1. The normalized spacial score (nSPS) is 11.3. The van der Waals surface area contributed by atoms with Crippen LogP contribution < -0.4 is 0 Å². The Morgan fingerprint density at radius 3 is 2.43 bits per heavy atom. The van der Waals surface area contributed by atoms with Crippen LogP contribution in [0.25, 0.3) is 11.1 Å². The van der Waals surface area contributed by atoms with Crippen LogP contribution in [0.2, 0.25) is 0 Å². The lowest BCUT2D eigenvalue weighted by Gasteiger charge is -2.15. The minimum Gasteiger partial charge on any atom is -0.508 e. The minimum atomic E-state index is -3.62. The van der Waals surface area contributed by atoms with E-state index in [9.17, 15) is 13.5 Å². The highest BCUT2D eigenvalue weighted by molar-refractivity contribution is 7.89. The van der Waals surface area contributed by atoms with Crippen LogP contribution in [0, 0.1) is 11.3 Å². The molecule has 0 unspecified atom stereocenters. The van der Waals surface area contributed by atoms with Crippen LogP contribution in [0.3, 0.4) is 0 Å². The summed E-state index contributed by atoms with van der Waals surface area (Å²) in [4.78, 5) is 0.129. The summed E-state index contributed by atoms with van der Waals surface area (Å²) >= 11 is 0. The van der Waals surface area contributed by atoms with Crippen LogP contribution in [0.1, 0.15) is 5.56 Å². The summed E-state index contributed by atoms with van der Waals surface area (Å²) in [6.45, 7) is 0. The highest BCUT2D eigenvalue weighted by atomic mass is 32.2. The molecule has 0 aromatic heterocycles. The average molecular weight is 302 g/mol. The molecule has 0 amide bonds. The van der Waals surface area contributed by atoms with Crippen LogP contribution in [0.4, 0.5) is 0 Å². The molecule has 0 saturated heterocycles. The van der Waals surface area contributed by atoms with E-state index in [4.69, 9.17) is 5.26 Å². The number of nitriles is 1. The first-order valence-corrected chi connectivity index (χ1v) is 7.56. The van der Waals surface area contributed by atoms with Gasteiger partial charge in [0, 0.05) is 19.7 Å². The molecule has 0 spiro atoms. The lowest BCUT2D eigenvalue weighted by molar-refractivity contribution is 0.475. The van der Waals surface area contributed by atoms with Crippen molar-refractivity contribution in [3.63, 3.8) is 0 Å². The molecule has 0 bridgehead atoms. The van der Waals surface area contributed by atoms with E-state index in [1.807, 2.05) is 6.07 Å². The van der Waals surface area contributed by atoms with Crippen molar-refractivity contribution >= 4 is 10.0 Å². The monoisotopic (exact) mass is 302 g/mol. The van der Waals surface area contributed by atoms with Crippen molar-refractivity contribution in [1.29, 1.82) is 5.26 Å². The van der Waals surface area contributed by atoms with E-state index in [0.717, 1.165) is 4.31 Å². The second-order valence-corrected chi connectivity index (χ2v) is 6.78. The standard InChI is InChI=1S/C15H14N2O3S/c1-17(2)21(19,20)15-6-4-3-5-14(15)12-7-11(10-16)8-13(18)9-12/h3-9,18H,1-2H3. The quantitative estimate of drug-likeness (QED) is 0.942. The summed E-state index contributed by atoms with van der Waals surface area (Å²) in [6, 6.07) is 12.7. The number of phenols is 1. The fourth-order valence-electron chi connectivity index (χ4n) is 1.96. The van der Waals surface area contributed by atoms with E-state index in [2.05, 4.69) is 0 Å². The van der Waals surface area contributed by atoms with Crippen molar-refractivity contribution in [3.05, 3.63) is 48.0 Å². The predicted octanol–water partition coefficient (Wildman–Crippen LogP) is 2.18. The van der Waals surface area contributed by atoms with Crippen LogP contribution >= 0.6 is 0 Å². The van der Waals surface area contributed by atoms with Crippen molar-refractivity contribution < 1.29 is 13.5 Å². The summed E-state index contributed by atoms with van der Waals surface area (Å²) in [5.74, 6) is -0.0823. The van der Waals surface area contributed by atoms with Gasteiger partial charge in [0.25, 0.3) is 0 Å². The fraction of sp³-hybridized carbons (Fsp3) is 0.133. The number of aromatic hydroxyl groups is 1. The Hall–Kier alpha value is -2.36. The lowest BCUT2D eigenvalue weighted by Crippen LogP contribution is -2.22. The lowest BCUT2D eigenvalue weighted by atomic mass is 10.0. The fourth-order valence-corrected chi connectivity index (χ4v) is 3.07. The topological polar surface area (TPSA) is 81.4 Å². The first-order valence-electron chi connectivity index (χ1n) is 6.12. The molecular formula is C15H14N2O3S. The molecule has 0 aliphatic carbocycles. The molecule has 0 aliphatic rings. The molecular weight excluding hydrogens is 288 g/mol. The highest BCUT2D eigenvalue weighted by Crippen LogP contribution is 2.31. The van der Waals surface area contributed by atoms with Crippen LogP contribution in [0.15, 0.2) is 47.4 Å². The van der Waals surface area contributed by atoms with Crippen molar-refractivity contribution in [2.24, 2.45) is 0 Å². The van der Waals surface area contributed by atoms with E-state index < -0.39 is 10.0 Å². The maximum Gasteiger partial charge on any atom is 0.243 e.